The molecule has 0 aliphatic carbocycles. The van der Waals surface area contributed by atoms with E-state index in [4.69, 9.17) is 27.9 Å². The van der Waals surface area contributed by atoms with E-state index in [1.54, 1.807) is 56.3 Å². The second-order valence-corrected chi connectivity index (χ2v) is 12.1. The summed E-state index contributed by atoms with van der Waals surface area (Å²) in [6.07, 6.45) is 2.52. The van der Waals surface area contributed by atoms with Gasteiger partial charge in [0.15, 0.2) is 5.72 Å². The molecule has 0 saturated carbocycles. The molecule has 2 aliphatic rings. The van der Waals surface area contributed by atoms with Gasteiger partial charge in [-0.2, -0.15) is 0 Å². The number of carbonyl (C=O) groups is 1. The van der Waals surface area contributed by atoms with Crippen LogP contribution in [0.15, 0.2) is 54.9 Å². The van der Waals surface area contributed by atoms with E-state index < -0.39 is 29.0 Å². The third-order valence-electron chi connectivity index (χ3n) is 8.49. The van der Waals surface area contributed by atoms with Crippen LogP contribution in [0.25, 0.3) is 0 Å². The van der Waals surface area contributed by atoms with Gasteiger partial charge in [-0.1, -0.05) is 54.4 Å². The predicted octanol–water partition coefficient (Wildman–Crippen LogP) is 5.07. The summed E-state index contributed by atoms with van der Waals surface area (Å²) in [6, 6.07) is 11.9. The van der Waals surface area contributed by atoms with E-state index in [0.717, 1.165) is 0 Å². The van der Waals surface area contributed by atoms with Gasteiger partial charge < -0.3 is 19.8 Å². The Morgan fingerprint density at radius 3 is 2.33 bits per heavy atom. The normalized spacial score (nSPS) is 22.6. The van der Waals surface area contributed by atoms with Crippen LogP contribution in [0, 0.1) is 0 Å². The fourth-order valence-corrected chi connectivity index (χ4v) is 6.31. The molecule has 2 unspecified atom stereocenters. The van der Waals surface area contributed by atoms with Crippen molar-refractivity contribution in [3.8, 4) is 0 Å². The molecule has 11 heteroatoms. The van der Waals surface area contributed by atoms with Gasteiger partial charge in [0.2, 0.25) is 0 Å². The molecule has 0 spiro atoms. The molecule has 0 bridgehead atoms. The van der Waals surface area contributed by atoms with Gasteiger partial charge in [-0.25, -0.2) is 14.4 Å². The van der Waals surface area contributed by atoms with E-state index in [-0.39, 0.29) is 38.0 Å². The molecule has 2 aromatic carbocycles. The van der Waals surface area contributed by atoms with E-state index in [9.17, 15) is 15.0 Å². The van der Waals surface area contributed by atoms with E-state index in [2.05, 4.69) is 9.97 Å². The number of aliphatic hydroxyl groups is 2. The van der Waals surface area contributed by atoms with Crippen molar-refractivity contribution in [3.63, 3.8) is 0 Å². The number of likely N-dealkylation sites (tertiary alicyclic amines) is 1. The highest BCUT2D eigenvalue weighted by molar-refractivity contribution is 6.30. The van der Waals surface area contributed by atoms with Gasteiger partial charge in [-0.15, -0.1) is 0 Å². The number of hydrogen-bond donors (Lipinski definition) is 2. The summed E-state index contributed by atoms with van der Waals surface area (Å²) in [6.45, 7) is 4.22. The first-order chi connectivity index (χ1) is 19.9. The maximum absolute atomic E-state index is 16.5. The summed E-state index contributed by atoms with van der Waals surface area (Å²) in [5, 5.41) is 23.0. The van der Waals surface area contributed by atoms with Crippen molar-refractivity contribution in [3.05, 3.63) is 93.0 Å². The summed E-state index contributed by atoms with van der Waals surface area (Å²) in [7, 11) is 1.93. The third-order valence-corrected chi connectivity index (χ3v) is 8.94. The fourth-order valence-electron chi connectivity index (χ4n) is 6.09. The topological polar surface area (TPSA) is 99.0 Å². The molecule has 1 saturated heterocycles. The number of rotatable bonds is 9. The predicted molar refractivity (Wildman–Crippen MR) is 158 cm³/mol. The van der Waals surface area contributed by atoms with E-state index in [1.165, 1.54) is 17.3 Å². The summed E-state index contributed by atoms with van der Waals surface area (Å²) >= 11 is 12.2. The van der Waals surface area contributed by atoms with Gasteiger partial charge in [0.25, 0.3) is 5.91 Å². The number of benzene rings is 2. The number of nitrogens with zero attached hydrogens (tertiary/aromatic N) is 4. The quantitative estimate of drug-likeness (QED) is 0.346. The van der Waals surface area contributed by atoms with Gasteiger partial charge in [-0.3, -0.25) is 9.69 Å². The standard InChI is InChI=1S/C31H35Cl2FN4O4/c1-4-30(41,29(34)11-13-37(3)14-12-29)22-7-10-26-25(15-22)28(40)38(18-27-35-16-24(33)17-36-27)31(26,42-19-20(2)39)21-5-8-23(32)9-6-21/h5-10,15-17,20,39,41H,4,11-14,18-19H2,1-3H3/t20?,30?,31-/m1/s1. The number of piperidine rings is 1. The van der Waals surface area contributed by atoms with Crippen molar-refractivity contribution >= 4 is 29.1 Å². The molecule has 1 amide bonds. The number of carbonyl (C=O) groups excluding carboxylic acids is 1. The van der Waals surface area contributed by atoms with Crippen molar-refractivity contribution in [2.45, 2.75) is 62.8 Å². The Morgan fingerprint density at radius 1 is 1.10 bits per heavy atom. The number of amides is 1. The molecule has 1 fully saturated rings. The average molecular weight is 618 g/mol. The highest BCUT2D eigenvalue weighted by Gasteiger charge is 2.56. The molecule has 2 aliphatic heterocycles. The lowest BCUT2D eigenvalue weighted by atomic mass is 9.71. The molecule has 3 heterocycles. The van der Waals surface area contributed by atoms with Crippen LogP contribution in [0.3, 0.4) is 0 Å². The molecule has 3 atom stereocenters. The lowest BCUT2D eigenvalue weighted by Gasteiger charge is -2.45. The van der Waals surface area contributed by atoms with Gasteiger partial charge >= 0.3 is 0 Å². The SMILES string of the molecule is CCC(O)(c1ccc2c(c1)C(=O)N(Cc1ncc(Cl)cn1)[C@@]2(OCC(C)O)c1ccc(Cl)cc1)C1(F)CCN(C)CC1. The molecule has 8 nitrogen and oxygen atoms in total. The number of aromatic nitrogens is 2. The molecule has 0 radical (unpaired) electrons. The minimum absolute atomic E-state index is 0.0557. The number of halogens is 3. The van der Waals surface area contributed by atoms with Crippen molar-refractivity contribution in [1.82, 2.24) is 19.8 Å². The Bertz CT molecular complexity index is 1430. The second kappa shape index (κ2) is 11.8. The number of alkyl halides is 1. The molecule has 2 N–H and O–H groups in total. The van der Waals surface area contributed by atoms with Gasteiger partial charge in [0.05, 0.1) is 24.3 Å². The zero-order valence-electron chi connectivity index (χ0n) is 23.9. The Morgan fingerprint density at radius 2 is 1.74 bits per heavy atom. The smallest absolute Gasteiger partial charge is 0.257 e. The Kier molecular flexibility index (Phi) is 8.64. The summed E-state index contributed by atoms with van der Waals surface area (Å²) in [4.78, 5) is 26.5. The monoisotopic (exact) mass is 616 g/mol. The Labute approximate surface area is 255 Å². The van der Waals surface area contributed by atoms with Gasteiger partial charge in [0, 0.05) is 47.2 Å². The van der Waals surface area contributed by atoms with Gasteiger partial charge in [-0.05, 0) is 57.0 Å². The minimum atomic E-state index is -1.86. The van der Waals surface area contributed by atoms with Crippen LogP contribution in [-0.2, 0) is 22.6 Å². The maximum atomic E-state index is 16.5. The van der Waals surface area contributed by atoms with E-state index in [0.29, 0.717) is 45.6 Å². The molecule has 42 heavy (non-hydrogen) atoms. The van der Waals surface area contributed by atoms with Crippen LogP contribution in [-0.4, -0.2) is 74.4 Å². The first kappa shape index (κ1) is 30.8. The number of fused-ring (bicyclic) bond motifs is 1. The molecular formula is C31H35Cl2FN4O4. The van der Waals surface area contributed by atoms with Crippen molar-refractivity contribution in [2.24, 2.45) is 0 Å². The molecule has 224 valence electrons. The number of ether oxygens (including phenoxy) is 1. The van der Waals surface area contributed by atoms with Crippen molar-refractivity contribution < 1.29 is 24.1 Å². The maximum Gasteiger partial charge on any atom is 0.257 e. The second-order valence-electron chi connectivity index (χ2n) is 11.3. The van der Waals surface area contributed by atoms with E-state index in [1.807, 2.05) is 11.9 Å². The van der Waals surface area contributed by atoms with Crippen molar-refractivity contribution in [1.29, 1.82) is 0 Å². The highest BCUT2D eigenvalue weighted by atomic mass is 35.5. The van der Waals surface area contributed by atoms with Crippen LogP contribution in [0.4, 0.5) is 4.39 Å². The molecular weight excluding hydrogens is 582 g/mol. The lowest BCUT2D eigenvalue weighted by molar-refractivity contribution is -0.136. The van der Waals surface area contributed by atoms with E-state index >= 15 is 4.39 Å². The largest absolute Gasteiger partial charge is 0.391 e. The third kappa shape index (κ3) is 5.31. The van der Waals surface area contributed by atoms with Crippen LogP contribution in [0.2, 0.25) is 10.0 Å². The Hall–Kier alpha value is -2.66. The summed E-state index contributed by atoms with van der Waals surface area (Å²) in [5.41, 5.74) is -3.51. The first-order valence-electron chi connectivity index (χ1n) is 14.0. The van der Waals surface area contributed by atoms with Crippen LogP contribution in [0.1, 0.15) is 66.0 Å². The molecule has 3 aromatic rings. The summed E-state index contributed by atoms with van der Waals surface area (Å²) in [5.74, 6) is -0.0976. The molecule has 5 rings (SSSR count). The van der Waals surface area contributed by atoms with Crippen LogP contribution < -0.4 is 0 Å². The van der Waals surface area contributed by atoms with Crippen LogP contribution >= 0.6 is 23.2 Å². The fraction of sp³-hybridized carbons (Fsp3) is 0.452. The number of hydrogen-bond acceptors (Lipinski definition) is 7. The zero-order chi connectivity index (χ0) is 30.3. The highest BCUT2D eigenvalue weighted by Crippen LogP contribution is 2.50. The van der Waals surface area contributed by atoms with Crippen LogP contribution in [0.5, 0.6) is 0 Å². The number of aliphatic hydroxyl groups excluding tert-OH is 1. The minimum Gasteiger partial charge on any atom is -0.391 e. The summed E-state index contributed by atoms with van der Waals surface area (Å²) < 4.78 is 23.0. The first-order valence-corrected chi connectivity index (χ1v) is 14.8. The van der Waals surface area contributed by atoms with Crippen molar-refractivity contribution in [2.75, 3.05) is 26.7 Å². The Balaban J connectivity index is 1.68. The average Bonchev–Trinajstić information content (AvgIpc) is 3.21. The lowest BCUT2D eigenvalue weighted by Crippen LogP contribution is -2.54. The van der Waals surface area contributed by atoms with Gasteiger partial charge in [0.1, 0.15) is 17.1 Å². The zero-order valence-corrected chi connectivity index (χ0v) is 25.4. The molecule has 1 aromatic heterocycles.